The van der Waals surface area contributed by atoms with Crippen LogP contribution in [0.1, 0.15) is 36.0 Å². The van der Waals surface area contributed by atoms with Crippen LogP contribution >= 0.6 is 0 Å². The van der Waals surface area contributed by atoms with Crippen LogP contribution in [0, 0.1) is 6.92 Å². The molecule has 0 amide bonds. The van der Waals surface area contributed by atoms with E-state index < -0.39 is 5.60 Å². The predicted octanol–water partition coefficient (Wildman–Crippen LogP) is 5.41. The molecule has 4 nitrogen and oxygen atoms in total. The molecule has 4 heteroatoms. The summed E-state index contributed by atoms with van der Waals surface area (Å²) in [6.45, 7) is 6.18. The van der Waals surface area contributed by atoms with Gasteiger partial charge in [-0.25, -0.2) is 0 Å². The molecule has 1 heterocycles. The van der Waals surface area contributed by atoms with Gasteiger partial charge < -0.3 is 19.5 Å². The van der Waals surface area contributed by atoms with Crippen molar-refractivity contribution in [1.29, 1.82) is 0 Å². The Balaban J connectivity index is 1.15. The zero-order chi connectivity index (χ0) is 22.9. The van der Waals surface area contributed by atoms with E-state index in [0.717, 1.165) is 62.4 Å². The minimum Gasteiger partial charge on any atom is -0.493 e. The molecule has 0 aromatic heterocycles. The third-order valence-corrected chi connectivity index (χ3v) is 6.38. The molecule has 0 atom stereocenters. The normalized spacial score (nSPS) is 15.8. The molecule has 174 valence electrons. The second kappa shape index (κ2) is 11.4. The minimum atomic E-state index is -0.581. The van der Waals surface area contributed by atoms with E-state index >= 15 is 0 Å². The first kappa shape index (κ1) is 23.3. The Morgan fingerprint density at radius 3 is 2.24 bits per heavy atom. The van der Waals surface area contributed by atoms with Gasteiger partial charge >= 0.3 is 0 Å². The molecular weight excluding hydrogens is 410 g/mol. The maximum absolute atomic E-state index is 11.0. The fourth-order valence-corrected chi connectivity index (χ4v) is 4.33. The summed E-state index contributed by atoms with van der Waals surface area (Å²) >= 11 is 0. The standard InChI is InChI=1S/C29H35NO3/c1-24-11-13-25(14-12-24)22-29(31)15-18-30(19-16-29)17-6-20-32-27-9-5-10-28(21-27)33-23-26-7-3-2-4-8-26/h2-5,7-14,21,31H,6,15-20,22-23H2,1H3. The highest BCUT2D eigenvalue weighted by Gasteiger charge is 2.32. The molecule has 0 aliphatic carbocycles. The van der Waals surface area contributed by atoms with Crippen LogP contribution in [0.4, 0.5) is 0 Å². The molecule has 0 bridgehead atoms. The average molecular weight is 446 g/mol. The first-order valence-corrected chi connectivity index (χ1v) is 12.0. The van der Waals surface area contributed by atoms with E-state index in [2.05, 4.69) is 48.2 Å². The van der Waals surface area contributed by atoms with Crippen LogP contribution < -0.4 is 9.47 Å². The van der Waals surface area contributed by atoms with Gasteiger partial charge in [-0.15, -0.1) is 0 Å². The molecule has 3 aromatic rings. The summed E-state index contributed by atoms with van der Waals surface area (Å²) in [5, 5.41) is 11.0. The molecule has 0 radical (unpaired) electrons. The molecule has 0 unspecified atom stereocenters. The van der Waals surface area contributed by atoms with Crippen molar-refractivity contribution in [3.05, 3.63) is 95.6 Å². The first-order chi connectivity index (χ1) is 16.1. The van der Waals surface area contributed by atoms with Gasteiger partial charge in [0.2, 0.25) is 0 Å². The van der Waals surface area contributed by atoms with Crippen molar-refractivity contribution in [3.8, 4) is 11.5 Å². The van der Waals surface area contributed by atoms with Crippen LogP contribution in [0.25, 0.3) is 0 Å². The van der Waals surface area contributed by atoms with E-state index in [4.69, 9.17) is 9.47 Å². The lowest BCUT2D eigenvalue weighted by Crippen LogP contribution is -2.46. The van der Waals surface area contributed by atoms with Crippen molar-refractivity contribution in [1.82, 2.24) is 4.90 Å². The van der Waals surface area contributed by atoms with Gasteiger partial charge in [-0.2, -0.15) is 0 Å². The van der Waals surface area contributed by atoms with E-state index in [-0.39, 0.29) is 0 Å². The highest BCUT2D eigenvalue weighted by atomic mass is 16.5. The Morgan fingerprint density at radius 1 is 0.818 bits per heavy atom. The van der Waals surface area contributed by atoms with Gasteiger partial charge in [0.1, 0.15) is 18.1 Å². The molecule has 1 saturated heterocycles. The molecule has 1 N–H and O–H groups in total. The molecule has 33 heavy (non-hydrogen) atoms. The number of aliphatic hydroxyl groups is 1. The Labute approximate surface area is 197 Å². The number of nitrogens with zero attached hydrogens (tertiary/aromatic N) is 1. The fraction of sp³-hybridized carbons (Fsp3) is 0.379. The van der Waals surface area contributed by atoms with Crippen LogP contribution in [0.3, 0.4) is 0 Å². The molecule has 1 aliphatic heterocycles. The number of rotatable bonds is 10. The van der Waals surface area contributed by atoms with Crippen molar-refractivity contribution in [2.24, 2.45) is 0 Å². The number of benzene rings is 3. The Bertz CT molecular complexity index is 979. The quantitative estimate of drug-likeness (QED) is 0.424. The Hall–Kier alpha value is -2.82. The lowest BCUT2D eigenvalue weighted by atomic mass is 9.85. The maximum atomic E-state index is 11.0. The summed E-state index contributed by atoms with van der Waals surface area (Å²) in [5.74, 6) is 1.66. The van der Waals surface area contributed by atoms with Gasteiger partial charge in [0.05, 0.1) is 12.2 Å². The summed E-state index contributed by atoms with van der Waals surface area (Å²) < 4.78 is 11.9. The van der Waals surface area contributed by atoms with E-state index in [1.165, 1.54) is 11.1 Å². The topological polar surface area (TPSA) is 41.9 Å². The Kier molecular flexibility index (Phi) is 8.03. The zero-order valence-electron chi connectivity index (χ0n) is 19.6. The third kappa shape index (κ3) is 7.34. The van der Waals surface area contributed by atoms with E-state index in [1.807, 2.05) is 42.5 Å². The van der Waals surface area contributed by atoms with Gasteiger partial charge in [-0.3, -0.25) is 0 Å². The number of piperidine rings is 1. The van der Waals surface area contributed by atoms with Gasteiger partial charge in [0, 0.05) is 32.1 Å². The molecule has 1 aliphatic rings. The molecule has 0 spiro atoms. The first-order valence-electron chi connectivity index (χ1n) is 12.0. The predicted molar refractivity (Wildman–Crippen MR) is 133 cm³/mol. The molecule has 0 saturated carbocycles. The highest BCUT2D eigenvalue weighted by molar-refractivity contribution is 5.33. The van der Waals surface area contributed by atoms with Gasteiger partial charge in [0.15, 0.2) is 0 Å². The second-order valence-electron chi connectivity index (χ2n) is 9.18. The van der Waals surface area contributed by atoms with Gasteiger partial charge in [-0.1, -0.05) is 66.2 Å². The number of likely N-dealkylation sites (tertiary alicyclic amines) is 1. The highest BCUT2D eigenvalue weighted by Crippen LogP contribution is 2.27. The SMILES string of the molecule is Cc1ccc(CC2(O)CCN(CCCOc3cccc(OCc4ccccc4)c3)CC2)cc1. The van der Waals surface area contributed by atoms with Gasteiger partial charge in [0.25, 0.3) is 0 Å². The zero-order valence-corrected chi connectivity index (χ0v) is 19.6. The summed E-state index contributed by atoms with van der Waals surface area (Å²) in [6.07, 6.45) is 3.35. The van der Waals surface area contributed by atoms with Crippen LogP contribution in [-0.2, 0) is 13.0 Å². The largest absolute Gasteiger partial charge is 0.493 e. The van der Waals surface area contributed by atoms with Crippen molar-refractivity contribution >= 4 is 0 Å². The van der Waals surface area contributed by atoms with Crippen LogP contribution in [-0.4, -0.2) is 41.8 Å². The third-order valence-electron chi connectivity index (χ3n) is 6.38. The van der Waals surface area contributed by atoms with Crippen LogP contribution in [0.5, 0.6) is 11.5 Å². The van der Waals surface area contributed by atoms with E-state index in [0.29, 0.717) is 13.2 Å². The molecule has 4 rings (SSSR count). The number of hydrogen-bond donors (Lipinski definition) is 1. The summed E-state index contributed by atoms with van der Waals surface area (Å²) in [7, 11) is 0. The summed E-state index contributed by atoms with van der Waals surface area (Å²) in [5.41, 5.74) is 3.05. The van der Waals surface area contributed by atoms with Crippen molar-refractivity contribution < 1.29 is 14.6 Å². The van der Waals surface area contributed by atoms with Crippen molar-refractivity contribution in [3.63, 3.8) is 0 Å². The fourth-order valence-electron chi connectivity index (χ4n) is 4.33. The monoisotopic (exact) mass is 445 g/mol. The van der Waals surface area contributed by atoms with Gasteiger partial charge in [-0.05, 0) is 49.4 Å². The maximum Gasteiger partial charge on any atom is 0.123 e. The number of aryl methyl sites for hydroxylation is 1. The molecule has 1 fully saturated rings. The second-order valence-corrected chi connectivity index (χ2v) is 9.18. The van der Waals surface area contributed by atoms with Crippen molar-refractivity contribution in [2.45, 2.75) is 44.8 Å². The van der Waals surface area contributed by atoms with Crippen molar-refractivity contribution in [2.75, 3.05) is 26.2 Å². The van der Waals surface area contributed by atoms with Crippen LogP contribution in [0.15, 0.2) is 78.9 Å². The summed E-state index contributed by atoms with van der Waals surface area (Å²) in [4.78, 5) is 2.44. The lowest BCUT2D eigenvalue weighted by molar-refractivity contribution is -0.0212. The Morgan fingerprint density at radius 2 is 1.52 bits per heavy atom. The molecule has 3 aromatic carbocycles. The average Bonchev–Trinajstić information content (AvgIpc) is 2.84. The minimum absolute atomic E-state index is 0.551. The van der Waals surface area contributed by atoms with E-state index in [1.54, 1.807) is 0 Å². The number of hydrogen-bond acceptors (Lipinski definition) is 4. The van der Waals surface area contributed by atoms with E-state index in [9.17, 15) is 5.11 Å². The number of ether oxygens (including phenoxy) is 2. The molecular formula is C29H35NO3. The van der Waals surface area contributed by atoms with Crippen LogP contribution in [0.2, 0.25) is 0 Å². The lowest BCUT2D eigenvalue weighted by Gasteiger charge is -2.38. The summed E-state index contributed by atoms with van der Waals surface area (Å²) in [6, 6.07) is 26.5. The smallest absolute Gasteiger partial charge is 0.123 e.